The molecular formula is C20H19FN2O3S2. The Labute approximate surface area is 170 Å². The van der Waals surface area contributed by atoms with Crippen LogP contribution in [0, 0.1) is 5.82 Å². The van der Waals surface area contributed by atoms with Gasteiger partial charge in [0.05, 0.1) is 24.9 Å². The van der Waals surface area contributed by atoms with E-state index in [0.29, 0.717) is 36.8 Å². The fourth-order valence-corrected chi connectivity index (χ4v) is 4.97. The van der Waals surface area contributed by atoms with Crippen molar-refractivity contribution in [3.8, 4) is 0 Å². The summed E-state index contributed by atoms with van der Waals surface area (Å²) in [6, 6.07) is 6.39. The number of amides is 1. The third-order valence-corrected chi connectivity index (χ3v) is 6.44. The smallest absolute Gasteiger partial charge is 0.258 e. The van der Waals surface area contributed by atoms with Crippen LogP contribution in [0.25, 0.3) is 0 Å². The highest BCUT2D eigenvalue weighted by molar-refractivity contribution is 7.15. The number of carbonyl (C=O) groups is 1. The molecule has 0 spiro atoms. The first kappa shape index (κ1) is 19.2. The first-order valence-corrected chi connectivity index (χ1v) is 10.5. The number of halogens is 1. The van der Waals surface area contributed by atoms with Gasteiger partial charge in [0.25, 0.3) is 5.91 Å². The molecule has 5 nitrogen and oxygen atoms in total. The molecular weight excluding hydrogens is 399 g/mol. The number of fused-ring (bicyclic) bond motifs is 1. The summed E-state index contributed by atoms with van der Waals surface area (Å²) in [6.45, 7) is 1.02. The van der Waals surface area contributed by atoms with Gasteiger partial charge in [-0.15, -0.1) is 22.7 Å². The second kappa shape index (κ2) is 8.48. The first-order valence-electron chi connectivity index (χ1n) is 8.82. The van der Waals surface area contributed by atoms with Gasteiger partial charge in [-0.3, -0.25) is 10.1 Å². The molecule has 1 aliphatic rings. The number of carbonyl (C=O) groups excluding carboxylic acids is 1. The zero-order valence-corrected chi connectivity index (χ0v) is 16.9. The SMILES string of the molecule is COCC1Cc2c(C(=O)Nc3ncc(Cc4ccc(F)cc4)s3)csc2CO1. The maximum Gasteiger partial charge on any atom is 0.258 e. The lowest BCUT2D eigenvalue weighted by Crippen LogP contribution is -2.27. The molecule has 0 bridgehead atoms. The largest absolute Gasteiger partial charge is 0.382 e. The molecule has 4 rings (SSSR count). The van der Waals surface area contributed by atoms with Crippen LogP contribution in [-0.2, 0) is 28.9 Å². The van der Waals surface area contributed by atoms with Crippen LogP contribution in [0.4, 0.5) is 9.52 Å². The Balaban J connectivity index is 1.43. The summed E-state index contributed by atoms with van der Waals surface area (Å²) in [4.78, 5) is 19.2. The van der Waals surface area contributed by atoms with Crippen LogP contribution >= 0.6 is 22.7 Å². The van der Waals surface area contributed by atoms with E-state index in [1.165, 1.54) is 23.5 Å². The zero-order valence-electron chi connectivity index (χ0n) is 15.2. The highest BCUT2D eigenvalue weighted by Crippen LogP contribution is 2.31. The molecule has 0 fully saturated rings. The number of benzene rings is 1. The van der Waals surface area contributed by atoms with Crippen LogP contribution in [0.3, 0.4) is 0 Å². The quantitative estimate of drug-likeness (QED) is 0.649. The van der Waals surface area contributed by atoms with E-state index in [1.807, 2.05) is 5.38 Å². The molecule has 2 aromatic heterocycles. The van der Waals surface area contributed by atoms with Gasteiger partial charge in [-0.1, -0.05) is 12.1 Å². The standard InChI is InChI=1S/C20H19FN2O3S2/c1-25-9-14-7-16-17(11-27-18(16)10-26-14)19(24)23-20-22-8-15(28-20)6-12-2-4-13(21)5-3-12/h2-5,8,11,14H,6-7,9-10H2,1H3,(H,22,23,24). The summed E-state index contributed by atoms with van der Waals surface area (Å²) >= 11 is 2.97. The van der Waals surface area contributed by atoms with Gasteiger partial charge in [-0.05, 0) is 23.3 Å². The molecule has 1 aliphatic heterocycles. The second-order valence-electron chi connectivity index (χ2n) is 6.53. The Morgan fingerprint density at radius 1 is 1.39 bits per heavy atom. The van der Waals surface area contributed by atoms with E-state index in [2.05, 4.69) is 10.3 Å². The van der Waals surface area contributed by atoms with E-state index in [4.69, 9.17) is 9.47 Å². The van der Waals surface area contributed by atoms with Crippen LogP contribution < -0.4 is 5.32 Å². The predicted molar refractivity (Wildman–Crippen MR) is 108 cm³/mol. The number of anilines is 1. The van der Waals surface area contributed by atoms with Gasteiger partial charge >= 0.3 is 0 Å². The Morgan fingerprint density at radius 3 is 3.00 bits per heavy atom. The van der Waals surface area contributed by atoms with Crippen LogP contribution in [0.1, 0.15) is 31.2 Å². The van der Waals surface area contributed by atoms with Gasteiger partial charge < -0.3 is 9.47 Å². The van der Waals surface area contributed by atoms with E-state index >= 15 is 0 Å². The number of rotatable bonds is 6. The van der Waals surface area contributed by atoms with E-state index in [-0.39, 0.29) is 17.8 Å². The van der Waals surface area contributed by atoms with Crippen LogP contribution in [0.2, 0.25) is 0 Å². The van der Waals surface area contributed by atoms with Gasteiger partial charge in [0.2, 0.25) is 0 Å². The number of nitrogens with one attached hydrogen (secondary N) is 1. The molecule has 0 saturated carbocycles. The van der Waals surface area contributed by atoms with E-state index in [0.717, 1.165) is 20.9 Å². The van der Waals surface area contributed by atoms with Crippen molar-refractivity contribution in [3.05, 3.63) is 68.1 Å². The van der Waals surface area contributed by atoms with Gasteiger partial charge in [-0.2, -0.15) is 0 Å². The van der Waals surface area contributed by atoms with Crippen molar-refractivity contribution in [2.75, 3.05) is 19.0 Å². The summed E-state index contributed by atoms with van der Waals surface area (Å²) in [7, 11) is 1.64. The number of aromatic nitrogens is 1. The molecule has 3 aromatic rings. The first-order chi connectivity index (χ1) is 13.6. The monoisotopic (exact) mass is 418 g/mol. The van der Waals surface area contributed by atoms with E-state index in [9.17, 15) is 9.18 Å². The molecule has 28 heavy (non-hydrogen) atoms. The molecule has 1 aromatic carbocycles. The van der Waals surface area contributed by atoms with Crippen molar-refractivity contribution in [1.29, 1.82) is 0 Å². The highest BCUT2D eigenvalue weighted by atomic mass is 32.1. The minimum absolute atomic E-state index is 0.0270. The van der Waals surface area contributed by atoms with Gasteiger partial charge in [0.15, 0.2) is 5.13 Å². The summed E-state index contributed by atoms with van der Waals surface area (Å²) in [5.74, 6) is -0.406. The molecule has 1 amide bonds. The number of hydrogen-bond acceptors (Lipinski definition) is 6. The second-order valence-corrected chi connectivity index (χ2v) is 8.61. The number of methoxy groups -OCH3 is 1. The van der Waals surface area contributed by atoms with Crippen molar-refractivity contribution in [1.82, 2.24) is 4.98 Å². The Kier molecular flexibility index (Phi) is 5.82. The van der Waals surface area contributed by atoms with Crippen LogP contribution in [0.15, 0.2) is 35.8 Å². The number of hydrogen-bond donors (Lipinski definition) is 1. The number of thiophene rings is 1. The van der Waals surface area contributed by atoms with Crippen molar-refractivity contribution in [3.63, 3.8) is 0 Å². The molecule has 146 valence electrons. The molecule has 8 heteroatoms. The summed E-state index contributed by atoms with van der Waals surface area (Å²) in [5.41, 5.74) is 2.72. The van der Waals surface area contributed by atoms with Crippen molar-refractivity contribution < 1.29 is 18.7 Å². The summed E-state index contributed by atoms with van der Waals surface area (Å²) in [5, 5.41) is 5.34. The molecule has 1 N–H and O–H groups in total. The van der Waals surface area contributed by atoms with Crippen LogP contribution in [-0.4, -0.2) is 30.7 Å². The molecule has 0 radical (unpaired) electrons. The third-order valence-electron chi connectivity index (χ3n) is 4.53. The van der Waals surface area contributed by atoms with E-state index < -0.39 is 0 Å². The lowest BCUT2D eigenvalue weighted by Gasteiger charge is -2.23. The zero-order chi connectivity index (χ0) is 19.5. The summed E-state index contributed by atoms with van der Waals surface area (Å²) in [6.07, 6.45) is 3.04. The normalized spacial score (nSPS) is 16.0. The number of nitrogens with zero attached hydrogens (tertiary/aromatic N) is 1. The number of thiazole rings is 1. The van der Waals surface area contributed by atoms with E-state index in [1.54, 1.807) is 36.8 Å². The molecule has 0 aliphatic carbocycles. The topological polar surface area (TPSA) is 60.5 Å². The molecule has 3 heterocycles. The Morgan fingerprint density at radius 2 is 2.21 bits per heavy atom. The third kappa shape index (κ3) is 4.30. The average Bonchev–Trinajstić information content (AvgIpc) is 3.30. The molecule has 1 unspecified atom stereocenters. The van der Waals surface area contributed by atoms with Crippen molar-refractivity contribution >= 4 is 33.7 Å². The lowest BCUT2D eigenvalue weighted by molar-refractivity contribution is -0.0183. The maximum atomic E-state index is 13.0. The fourth-order valence-electron chi connectivity index (χ4n) is 3.15. The molecule has 0 saturated heterocycles. The highest BCUT2D eigenvalue weighted by Gasteiger charge is 2.26. The minimum atomic E-state index is -0.252. The maximum absolute atomic E-state index is 13.0. The fraction of sp³-hybridized carbons (Fsp3) is 0.300. The van der Waals surface area contributed by atoms with Gasteiger partial charge in [-0.25, -0.2) is 9.37 Å². The Hall–Kier alpha value is -2.13. The minimum Gasteiger partial charge on any atom is -0.382 e. The van der Waals surface area contributed by atoms with Crippen molar-refractivity contribution in [2.24, 2.45) is 0 Å². The Bertz CT molecular complexity index is 968. The summed E-state index contributed by atoms with van der Waals surface area (Å²) < 4.78 is 23.9. The predicted octanol–water partition coefficient (Wildman–Crippen LogP) is 4.27. The van der Waals surface area contributed by atoms with Crippen LogP contribution in [0.5, 0.6) is 0 Å². The van der Waals surface area contributed by atoms with Crippen molar-refractivity contribution in [2.45, 2.75) is 25.6 Å². The van der Waals surface area contributed by atoms with Gasteiger partial charge in [0.1, 0.15) is 5.82 Å². The number of ether oxygens (including phenoxy) is 2. The lowest BCUT2D eigenvalue weighted by atomic mass is 10.0. The van der Waals surface area contributed by atoms with Gasteiger partial charge in [0, 0.05) is 41.3 Å². The molecule has 1 atom stereocenters. The average molecular weight is 419 g/mol.